The molecule has 0 fully saturated rings. The zero-order chi connectivity index (χ0) is 12.8. The van der Waals surface area contributed by atoms with Gasteiger partial charge in [0, 0.05) is 0 Å². The molecule has 1 heterocycles. The first-order valence-electron chi connectivity index (χ1n) is 6.12. The van der Waals surface area contributed by atoms with Gasteiger partial charge in [0.2, 0.25) is 5.78 Å². The highest BCUT2D eigenvalue weighted by Gasteiger charge is 2.16. The average molecular weight is 243 g/mol. The van der Waals surface area contributed by atoms with Crippen molar-refractivity contribution in [3.63, 3.8) is 0 Å². The number of rotatable bonds is 6. The van der Waals surface area contributed by atoms with Gasteiger partial charge in [-0.15, -0.1) is 0 Å². The predicted octanol–water partition coefficient (Wildman–Crippen LogP) is 2.68. The summed E-state index contributed by atoms with van der Waals surface area (Å²) in [4.78, 5) is 11.9. The highest BCUT2D eigenvalue weighted by Crippen LogP contribution is 2.04. The van der Waals surface area contributed by atoms with Crippen molar-refractivity contribution in [3.05, 3.63) is 60.1 Å². The number of hydrogen-bond donors (Lipinski definition) is 1. The Morgan fingerprint density at radius 1 is 1.22 bits per heavy atom. The van der Waals surface area contributed by atoms with E-state index in [4.69, 9.17) is 4.42 Å². The van der Waals surface area contributed by atoms with Gasteiger partial charge in [-0.1, -0.05) is 30.3 Å². The Kier molecular flexibility index (Phi) is 4.31. The standard InChI is InChI=1S/C15H17NO2/c1-12(15(17)14-8-5-11-18-14)16-10-9-13-6-3-2-4-7-13/h2-8,11-12,16H,9-10H2,1H3. The molecule has 0 aliphatic heterocycles. The number of carbonyl (C=O) groups is 1. The molecule has 1 atom stereocenters. The van der Waals surface area contributed by atoms with E-state index < -0.39 is 0 Å². The third kappa shape index (κ3) is 3.31. The highest BCUT2D eigenvalue weighted by molar-refractivity contribution is 5.97. The predicted molar refractivity (Wildman–Crippen MR) is 70.6 cm³/mol. The smallest absolute Gasteiger partial charge is 0.214 e. The fourth-order valence-electron chi connectivity index (χ4n) is 1.80. The van der Waals surface area contributed by atoms with Gasteiger partial charge in [-0.25, -0.2) is 0 Å². The van der Waals surface area contributed by atoms with Crippen LogP contribution in [0.5, 0.6) is 0 Å². The van der Waals surface area contributed by atoms with Crippen LogP contribution in [-0.4, -0.2) is 18.4 Å². The highest BCUT2D eigenvalue weighted by atomic mass is 16.3. The molecule has 2 aromatic rings. The molecule has 0 amide bonds. The van der Waals surface area contributed by atoms with E-state index in [0.29, 0.717) is 5.76 Å². The maximum absolute atomic E-state index is 11.9. The van der Waals surface area contributed by atoms with E-state index in [1.54, 1.807) is 12.1 Å². The molecule has 0 spiro atoms. The van der Waals surface area contributed by atoms with Crippen LogP contribution in [0, 0.1) is 0 Å². The van der Waals surface area contributed by atoms with E-state index in [2.05, 4.69) is 17.4 Å². The molecule has 3 nitrogen and oxygen atoms in total. The van der Waals surface area contributed by atoms with Crippen LogP contribution in [0.4, 0.5) is 0 Å². The summed E-state index contributed by atoms with van der Waals surface area (Å²) in [5, 5.41) is 3.21. The Hall–Kier alpha value is -1.87. The Bertz CT molecular complexity index is 476. The quantitative estimate of drug-likeness (QED) is 0.793. The van der Waals surface area contributed by atoms with Crippen molar-refractivity contribution in [3.8, 4) is 0 Å². The molecule has 18 heavy (non-hydrogen) atoms. The Morgan fingerprint density at radius 3 is 2.67 bits per heavy atom. The first-order valence-corrected chi connectivity index (χ1v) is 6.12. The van der Waals surface area contributed by atoms with Crippen LogP contribution in [-0.2, 0) is 6.42 Å². The van der Waals surface area contributed by atoms with Crippen molar-refractivity contribution < 1.29 is 9.21 Å². The molecule has 3 heteroatoms. The van der Waals surface area contributed by atoms with E-state index in [1.165, 1.54) is 11.8 Å². The number of ketones is 1. The van der Waals surface area contributed by atoms with Gasteiger partial charge < -0.3 is 9.73 Å². The topological polar surface area (TPSA) is 42.2 Å². The molecule has 2 rings (SSSR count). The van der Waals surface area contributed by atoms with Crippen LogP contribution in [0.2, 0.25) is 0 Å². The number of furan rings is 1. The second-order valence-corrected chi connectivity index (χ2v) is 4.25. The minimum absolute atomic E-state index is 0.00642. The number of Topliss-reactive ketones (excluding diaryl/α,β-unsaturated/α-hetero) is 1. The normalized spacial score (nSPS) is 12.3. The fraction of sp³-hybridized carbons (Fsp3) is 0.267. The Morgan fingerprint density at radius 2 is 2.00 bits per heavy atom. The SMILES string of the molecule is CC(NCCc1ccccc1)C(=O)c1ccco1. The lowest BCUT2D eigenvalue weighted by molar-refractivity contribution is 0.0924. The van der Waals surface area contributed by atoms with Gasteiger partial charge in [0.1, 0.15) is 0 Å². The molecule has 1 unspecified atom stereocenters. The van der Waals surface area contributed by atoms with E-state index in [0.717, 1.165) is 13.0 Å². The van der Waals surface area contributed by atoms with Gasteiger partial charge in [-0.3, -0.25) is 4.79 Å². The van der Waals surface area contributed by atoms with E-state index in [9.17, 15) is 4.79 Å². The molecule has 0 aliphatic rings. The zero-order valence-electron chi connectivity index (χ0n) is 10.4. The van der Waals surface area contributed by atoms with Crippen LogP contribution in [0.1, 0.15) is 23.0 Å². The summed E-state index contributed by atoms with van der Waals surface area (Å²) in [6.07, 6.45) is 2.43. The first kappa shape index (κ1) is 12.6. The third-order valence-electron chi connectivity index (χ3n) is 2.86. The minimum Gasteiger partial charge on any atom is -0.461 e. The summed E-state index contributed by atoms with van der Waals surface area (Å²) in [7, 11) is 0. The van der Waals surface area contributed by atoms with E-state index in [-0.39, 0.29) is 11.8 Å². The monoisotopic (exact) mass is 243 g/mol. The second kappa shape index (κ2) is 6.17. The summed E-state index contributed by atoms with van der Waals surface area (Å²) < 4.78 is 5.09. The van der Waals surface area contributed by atoms with Gasteiger partial charge in [0.15, 0.2) is 5.76 Å². The van der Waals surface area contributed by atoms with Gasteiger partial charge in [-0.05, 0) is 37.6 Å². The maximum atomic E-state index is 11.9. The van der Waals surface area contributed by atoms with Gasteiger partial charge in [-0.2, -0.15) is 0 Å². The van der Waals surface area contributed by atoms with Crippen LogP contribution >= 0.6 is 0 Å². The van der Waals surface area contributed by atoms with Crippen molar-refractivity contribution in [1.82, 2.24) is 5.32 Å². The number of hydrogen-bond acceptors (Lipinski definition) is 3. The van der Waals surface area contributed by atoms with Gasteiger partial charge in [0.05, 0.1) is 12.3 Å². The van der Waals surface area contributed by atoms with Crippen LogP contribution < -0.4 is 5.32 Å². The number of carbonyl (C=O) groups excluding carboxylic acids is 1. The molecule has 94 valence electrons. The molecular formula is C15H17NO2. The fourth-order valence-corrected chi connectivity index (χ4v) is 1.80. The van der Waals surface area contributed by atoms with E-state index in [1.807, 2.05) is 25.1 Å². The molecule has 0 saturated heterocycles. The van der Waals surface area contributed by atoms with Crippen LogP contribution in [0.25, 0.3) is 0 Å². The number of nitrogens with one attached hydrogen (secondary N) is 1. The lowest BCUT2D eigenvalue weighted by Gasteiger charge is -2.11. The molecular weight excluding hydrogens is 226 g/mol. The van der Waals surface area contributed by atoms with Crippen molar-refractivity contribution in [2.45, 2.75) is 19.4 Å². The molecule has 0 aliphatic carbocycles. The van der Waals surface area contributed by atoms with Crippen LogP contribution in [0.15, 0.2) is 53.1 Å². The molecule has 0 radical (unpaired) electrons. The summed E-state index contributed by atoms with van der Waals surface area (Å²) in [6.45, 7) is 2.63. The van der Waals surface area contributed by atoms with Gasteiger partial charge >= 0.3 is 0 Å². The largest absolute Gasteiger partial charge is 0.461 e. The van der Waals surface area contributed by atoms with E-state index >= 15 is 0 Å². The molecule has 0 bridgehead atoms. The number of benzene rings is 1. The Labute approximate surface area is 107 Å². The average Bonchev–Trinajstić information content (AvgIpc) is 2.93. The zero-order valence-corrected chi connectivity index (χ0v) is 10.4. The summed E-state index contributed by atoms with van der Waals surface area (Å²) in [5.41, 5.74) is 1.27. The lowest BCUT2D eigenvalue weighted by Crippen LogP contribution is -2.35. The second-order valence-electron chi connectivity index (χ2n) is 4.25. The summed E-state index contributed by atoms with van der Waals surface area (Å²) in [5.74, 6) is 0.405. The van der Waals surface area contributed by atoms with Crippen molar-refractivity contribution in [2.24, 2.45) is 0 Å². The maximum Gasteiger partial charge on any atom is 0.214 e. The Balaban J connectivity index is 1.79. The first-order chi connectivity index (χ1) is 8.77. The van der Waals surface area contributed by atoms with Crippen molar-refractivity contribution >= 4 is 5.78 Å². The molecule has 0 saturated carbocycles. The minimum atomic E-state index is -0.222. The van der Waals surface area contributed by atoms with Crippen molar-refractivity contribution in [1.29, 1.82) is 0 Å². The third-order valence-corrected chi connectivity index (χ3v) is 2.86. The van der Waals surface area contributed by atoms with Gasteiger partial charge in [0.25, 0.3) is 0 Å². The lowest BCUT2D eigenvalue weighted by atomic mass is 10.1. The molecule has 1 aromatic heterocycles. The van der Waals surface area contributed by atoms with Crippen molar-refractivity contribution in [2.75, 3.05) is 6.54 Å². The summed E-state index contributed by atoms with van der Waals surface area (Å²) in [6, 6.07) is 13.4. The molecule has 1 aromatic carbocycles. The molecule has 1 N–H and O–H groups in total. The van der Waals surface area contributed by atoms with Crippen LogP contribution in [0.3, 0.4) is 0 Å². The summed E-state index contributed by atoms with van der Waals surface area (Å²) >= 11 is 0.